The van der Waals surface area contributed by atoms with Gasteiger partial charge in [-0.3, -0.25) is 14.5 Å². The van der Waals surface area contributed by atoms with E-state index in [1.54, 1.807) is 16.8 Å². The fraction of sp³-hybridized carbons (Fsp3) is 0.500. The zero-order valence-electron chi connectivity index (χ0n) is 16.6. The van der Waals surface area contributed by atoms with Crippen LogP contribution in [0.15, 0.2) is 36.0 Å². The first kappa shape index (κ1) is 22.7. The molecule has 0 fully saturated rings. The molecular weight excluding hydrogens is 387 g/mol. The number of benzene rings is 1. The summed E-state index contributed by atoms with van der Waals surface area (Å²) in [5.41, 5.74) is 1.39. The van der Waals surface area contributed by atoms with Crippen molar-refractivity contribution in [2.24, 2.45) is 0 Å². The van der Waals surface area contributed by atoms with Crippen molar-refractivity contribution in [3.05, 3.63) is 36.0 Å². The second kappa shape index (κ2) is 10.3. The standard InChI is InChI=1S/C20H26F3N3O3/c1-3-12-26(16-6-4-5-7-16)19(28)14-25(2)13-18(27)24-15-8-10-17(11-9-15)29-20(21,22)23/h6,8-11H,3-5,7,12-14H2,1-2H3,(H,24,27). The quantitative estimate of drug-likeness (QED) is 0.670. The highest BCUT2D eigenvalue weighted by molar-refractivity contribution is 5.92. The van der Waals surface area contributed by atoms with Crippen LogP contribution in [0.4, 0.5) is 18.9 Å². The van der Waals surface area contributed by atoms with E-state index in [0.717, 1.165) is 43.5 Å². The Balaban J connectivity index is 1.84. The van der Waals surface area contributed by atoms with Gasteiger partial charge < -0.3 is 15.0 Å². The van der Waals surface area contributed by atoms with Gasteiger partial charge in [0.15, 0.2) is 0 Å². The maximum absolute atomic E-state index is 12.6. The number of allylic oxidation sites excluding steroid dienone is 2. The van der Waals surface area contributed by atoms with Crippen molar-refractivity contribution in [3.8, 4) is 5.75 Å². The Morgan fingerprint density at radius 1 is 1.17 bits per heavy atom. The first-order valence-corrected chi connectivity index (χ1v) is 9.51. The number of alkyl halides is 3. The molecule has 1 N–H and O–H groups in total. The molecule has 1 aliphatic rings. The summed E-state index contributed by atoms with van der Waals surface area (Å²) < 4.78 is 40.3. The van der Waals surface area contributed by atoms with Crippen LogP contribution in [0, 0.1) is 0 Å². The van der Waals surface area contributed by atoms with Gasteiger partial charge in [0.2, 0.25) is 11.8 Å². The fourth-order valence-corrected chi connectivity index (χ4v) is 3.11. The van der Waals surface area contributed by atoms with Crippen LogP contribution in [0.5, 0.6) is 5.75 Å². The van der Waals surface area contributed by atoms with Crippen LogP contribution in [0.25, 0.3) is 0 Å². The molecule has 0 radical (unpaired) electrons. The van der Waals surface area contributed by atoms with Gasteiger partial charge in [0.25, 0.3) is 0 Å². The number of halogens is 3. The van der Waals surface area contributed by atoms with Gasteiger partial charge in [-0.2, -0.15) is 0 Å². The molecule has 0 saturated heterocycles. The van der Waals surface area contributed by atoms with E-state index in [2.05, 4.69) is 16.1 Å². The summed E-state index contributed by atoms with van der Waals surface area (Å²) in [5, 5.41) is 2.59. The smallest absolute Gasteiger partial charge is 0.406 e. The van der Waals surface area contributed by atoms with Gasteiger partial charge in [-0.25, -0.2) is 0 Å². The predicted molar refractivity (Wildman–Crippen MR) is 103 cm³/mol. The number of likely N-dealkylation sites (N-methyl/N-ethyl adjacent to an activating group) is 1. The lowest BCUT2D eigenvalue weighted by molar-refractivity contribution is -0.274. The Kier molecular flexibility index (Phi) is 8.07. The van der Waals surface area contributed by atoms with Crippen molar-refractivity contribution in [3.63, 3.8) is 0 Å². The Hall–Kier alpha value is -2.55. The molecule has 9 heteroatoms. The van der Waals surface area contributed by atoms with E-state index in [1.165, 1.54) is 12.1 Å². The number of hydrogen-bond acceptors (Lipinski definition) is 4. The minimum absolute atomic E-state index is 0.0223. The maximum atomic E-state index is 12.6. The van der Waals surface area contributed by atoms with Crippen LogP contribution in [-0.4, -0.2) is 54.7 Å². The summed E-state index contributed by atoms with van der Waals surface area (Å²) in [4.78, 5) is 28.2. The molecule has 1 aliphatic carbocycles. The molecule has 0 spiro atoms. The first-order chi connectivity index (χ1) is 13.7. The van der Waals surface area contributed by atoms with Gasteiger partial charge in [-0.05, 0) is 57.0 Å². The zero-order chi connectivity index (χ0) is 21.4. The number of hydrogen-bond donors (Lipinski definition) is 1. The summed E-state index contributed by atoms with van der Waals surface area (Å²) in [5.74, 6) is -0.786. The van der Waals surface area contributed by atoms with E-state index in [9.17, 15) is 22.8 Å². The average molecular weight is 413 g/mol. The highest BCUT2D eigenvalue weighted by Gasteiger charge is 2.31. The Bertz CT molecular complexity index is 733. The van der Waals surface area contributed by atoms with E-state index in [-0.39, 0.29) is 30.7 Å². The lowest BCUT2D eigenvalue weighted by atomic mass is 10.2. The normalized spacial score (nSPS) is 13.9. The summed E-state index contributed by atoms with van der Waals surface area (Å²) in [6.45, 7) is 2.74. The van der Waals surface area contributed by atoms with Crippen molar-refractivity contribution in [2.45, 2.75) is 39.0 Å². The van der Waals surface area contributed by atoms with E-state index in [4.69, 9.17) is 0 Å². The van der Waals surface area contributed by atoms with Crippen LogP contribution in [-0.2, 0) is 9.59 Å². The maximum Gasteiger partial charge on any atom is 0.573 e. The number of rotatable bonds is 9. The Morgan fingerprint density at radius 2 is 1.86 bits per heavy atom. The van der Waals surface area contributed by atoms with Crippen molar-refractivity contribution < 1.29 is 27.5 Å². The van der Waals surface area contributed by atoms with E-state index in [1.807, 2.05) is 6.92 Å². The molecule has 0 atom stereocenters. The number of carbonyl (C=O) groups is 2. The van der Waals surface area contributed by atoms with E-state index < -0.39 is 6.36 Å². The molecule has 0 saturated carbocycles. The van der Waals surface area contributed by atoms with Crippen LogP contribution >= 0.6 is 0 Å². The van der Waals surface area contributed by atoms with Gasteiger partial charge in [0, 0.05) is 17.9 Å². The third-order valence-corrected chi connectivity index (χ3v) is 4.30. The second-order valence-electron chi connectivity index (χ2n) is 6.93. The average Bonchev–Trinajstić information content (AvgIpc) is 3.14. The number of nitrogens with zero attached hydrogens (tertiary/aromatic N) is 2. The number of ether oxygens (including phenoxy) is 1. The molecule has 0 heterocycles. The molecule has 2 rings (SSSR count). The third-order valence-electron chi connectivity index (χ3n) is 4.30. The molecule has 6 nitrogen and oxygen atoms in total. The minimum atomic E-state index is -4.76. The van der Waals surface area contributed by atoms with Crippen LogP contribution < -0.4 is 10.1 Å². The van der Waals surface area contributed by atoms with Gasteiger partial charge in [-0.15, -0.1) is 13.2 Å². The molecular formula is C20H26F3N3O3. The van der Waals surface area contributed by atoms with Gasteiger partial charge in [0.1, 0.15) is 5.75 Å². The van der Waals surface area contributed by atoms with Crippen LogP contribution in [0.3, 0.4) is 0 Å². The lowest BCUT2D eigenvalue weighted by Gasteiger charge is -2.26. The summed E-state index contributed by atoms with van der Waals surface area (Å²) in [6, 6.07) is 4.88. The van der Waals surface area contributed by atoms with Crippen molar-refractivity contribution in [1.29, 1.82) is 0 Å². The Morgan fingerprint density at radius 3 is 2.41 bits per heavy atom. The van der Waals surface area contributed by atoms with Gasteiger partial charge >= 0.3 is 6.36 Å². The van der Waals surface area contributed by atoms with E-state index in [0.29, 0.717) is 12.2 Å². The molecule has 2 amide bonds. The second-order valence-corrected chi connectivity index (χ2v) is 6.93. The largest absolute Gasteiger partial charge is 0.573 e. The van der Waals surface area contributed by atoms with Crippen LogP contribution in [0.2, 0.25) is 0 Å². The molecule has 29 heavy (non-hydrogen) atoms. The Labute approximate surface area is 168 Å². The topological polar surface area (TPSA) is 61.9 Å². The van der Waals surface area contributed by atoms with E-state index >= 15 is 0 Å². The van der Waals surface area contributed by atoms with Gasteiger partial charge in [-0.1, -0.05) is 13.0 Å². The third kappa shape index (κ3) is 7.77. The predicted octanol–water partition coefficient (Wildman–Crippen LogP) is 3.76. The van der Waals surface area contributed by atoms with Crippen LogP contribution in [0.1, 0.15) is 32.6 Å². The molecule has 0 bridgehead atoms. The summed E-state index contributed by atoms with van der Waals surface area (Å²) in [6.07, 6.45) is 1.10. The zero-order valence-corrected chi connectivity index (χ0v) is 16.6. The van der Waals surface area contributed by atoms with Gasteiger partial charge in [0.05, 0.1) is 13.1 Å². The molecule has 0 aromatic heterocycles. The number of nitrogens with one attached hydrogen (secondary N) is 1. The van der Waals surface area contributed by atoms with Crippen molar-refractivity contribution in [1.82, 2.24) is 9.80 Å². The molecule has 0 unspecified atom stereocenters. The summed E-state index contributed by atoms with van der Waals surface area (Å²) in [7, 11) is 1.67. The number of amides is 2. The molecule has 1 aromatic carbocycles. The SMILES string of the molecule is CCCN(C(=O)CN(C)CC(=O)Nc1ccc(OC(F)(F)F)cc1)C1=CCCC1. The number of carbonyl (C=O) groups excluding carboxylic acids is 2. The van der Waals surface area contributed by atoms with Crippen molar-refractivity contribution >= 4 is 17.5 Å². The highest BCUT2D eigenvalue weighted by atomic mass is 19.4. The lowest BCUT2D eigenvalue weighted by Crippen LogP contribution is -2.41. The summed E-state index contributed by atoms with van der Waals surface area (Å²) >= 11 is 0. The monoisotopic (exact) mass is 413 g/mol. The highest BCUT2D eigenvalue weighted by Crippen LogP contribution is 2.24. The molecule has 160 valence electrons. The fourth-order valence-electron chi connectivity index (χ4n) is 3.11. The van der Waals surface area contributed by atoms with Crippen molar-refractivity contribution in [2.75, 3.05) is 32.0 Å². The molecule has 0 aliphatic heterocycles. The number of anilines is 1. The minimum Gasteiger partial charge on any atom is -0.406 e. The molecule has 1 aromatic rings. The first-order valence-electron chi connectivity index (χ1n) is 9.51.